The third-order valence-electron chi connectivity index (χ3n) is 4.81. The van der Waals surface area contributed by atoms with Gasteiger partial charge in [0.1, 0.15) is 5.82 Å². The number of amides is 2. The number of carbonyl (C=O) groups excluding carboxylic acids is 2. The predicted molar refractivity (Wildman–Crippen MR) is 102 cm³/mol. The second kappa shape index (κ2) is 7.26. The van der Waals surface area contributed by atoms with Crippen LogP contribution in [0.2, 0.25) is 0 Å². The highest BCUT2D eigenvalue weighted by Crippen LogP contribution is 2.34. The second-order valence-electron chi connectivity index (χ2n) is 6.86. The molecule has 2 heterocycles. The first-order valence-electron chi connectivity index (χ1n) is 8.94. The highest BCUT2D eigenvalue weighted by Gasteiger charge is 2.32. The van der Waals surface area contributed by atoms with Gasteiger partial charge in [0.15, 0.2) is 0 Å². The number of likely N-dealkylation sites (N-methyl/N-ethyl adjacent to an activating group) is 1. The summed E-state index contributed by atoms with van der Waals surface area (Å²) in [4.78, 5) is 26.5. The zero-order chi connectivity index (χ0) is 19.7. The number of halogens is 1. The number of anilines is 1. The van der Waals surface area contributed by atoms with E-state index in [4.69, 9.17) is 0 Å². The molecular formula is C21H19FN4O2. The summed E-state index contributed by atoms with van der Waals surface area (Å²) in [5.74, 6) is -1.55. The van der Waals surface area contributed by atoms with E-state index in [1.165, 1.54) is 12.1 Å². The summed E-state index contributed by atoms with van der Waals surface area (Å²) in [7, 11) is 1.69. The predicted octanol–water partition coefficient (Wildman–Crippen LogP) is 3.10. The van der Waals surface area contributed by atoms with Gasteiger partial charge in [0.2, 0.25) is 11.8 Å². The summed E-state index contributed by atoms with van der Waals surface area (Å²) in [6.07, 6.45) is 3.63. The number of carbonyl (C=O) groups is 2. The van der Waals surface area contributed by atoms with Gasteiger partial charge in [-0.15, -0.1) is 0 Å². The average molecular weight is 378 g/mol. The van der Waals surface area contributed by atoms with Gasteiger partial charge < -0.3 is 10.2 Å². The van der Waals surface area contributed by atoms with Crippen LogP contribution >= 0.6 is 0 Å². The van der Waals surface area contributed by atoms with E-state index in [1.54, 1.807) is 28.9 Å². The van der Waals surface area contributed by atoms with Crippen molar-refractivity contribution in [2.75, 3.05) is 12.4 Å². The smallest absolute Gasteiger partial charge is 0.230 e. The average Bonchev–Trinajstić information content (AvgIpc) is 3.15. The fourth-order valence-corrected chi connectivity index (χ4v) is 3.44. The Bertz CT molecular complexity index is 1030. The van der Waals surface area contributed by atoms with Crippen LogP contribution in [-0.2, 0) is 16.1 Å². The molecule has 0 bridgehead atoms. The number of hydrogen-bond donors (Lipinski definition) is 1. The topological polar surface area (TPSA) is 67.2 Å². The lowest BCUT2D eigenvalue weighted by molar-refractivity contribution is -0.134. The van der Waals surface area contributed by atoms with Crippen molar-refractivity contribution < 1.29 is 14.0 Å². The quantitative estimate of drug-likeness (QED) is 0.759. The van der Waals surface area contributed by atoms with Crippen LogP contribution in [0.25, 0.3) is 5.69 Å². The Kier molecular flexibility index (Phi) is 4.65. The highest BCUT2D eigenvalue weighted by atomic mass is 19.1. The Morgan fingerprint density at radius 1 is 1.29 bits per heavy atom. The number of fused-ring (bicyclic) bond motifs is 1. The molecule has 0 saturated carbocycles. The molecule has 0 unspecified atom stereocenters. The Hall–Kier alpha value is -3.48. The molecule has 0 radical (unpaired) electrons. The first kappa shape index (κ1) is 17.9. The van der Waals surface area contributed by atoms with Gasteiger partial charge in [-0.1, -0.05) is 24.3 Å². The molecule has 0 saturated heterocycles. The fraction of sp³-hybridized carbons (Fsp3) is 0.190. The minimum Gasteiger partial charge on any atom is -0.341 e. The summed E-state index contributed by atoms with van der Waals surface area (Å²) in [5, 5.41) is 6.97. The van der Waals surface area contributed by atoms with Crippen molar-refractivity contribution in [3.63, 3.8) is 0 Å². The zero-order valence-corrected chi connectivity index (χ0v) is 15.3. The normalized spacial score (nSPS) is 15.6. The van der Waals surface area contributed by atoms with E-state index < -0.39 is 11.7 Å². The number of benzene rings is 2. The van der Waals surface area contributed by atoms with E-state index in [2.05, 4.69) is 10.4 Å². The van der Waals surface area contributed by atoms with Gasteiger partial charge in [-0.3, -0.25) is 9.59 Å². The molecule has 28 heavy (non-hydrogen) atoms. The van der Waals surface area contributed by atoms with Gasteiger partial charge in [0.25, 0.3) is 0 Å². The van der Waals surface area contributed by atoms with Gasteiger partial charge in [-0.05, 0) is 29.8 Å². The first-order valence-corrected chi connectivity index (χ1v) is 8.94. The standard InChI is InChI=1S/C21H19FN4O2/c1-25(12-14-11-23-26(13-14)16-5-3-2-4-6-16)21(28)18-10-20(27)24-19-9-15(22)7-8-17(18)19/h2-9,11,13,18H,10,12H2,1H3,(H,24,27)/t18-/m1/s1. The second-order valence-corrected chi connectivity index (χ2v) is 6.86. The number of nitrogens with zero attached hydrogens (tertiary/aromatic N) is 3. The van der Waals surface area contributed by atoms with Crippen LogP contribution in [-0.4, -0.2) is 33.5 Å². The van der Waals surface area contributed by atoms with Gasteiger partial charge in [0.05, 0.1) is 17.8 Å². The van der Waals surface area contributed by atoms with Gasteiger partial charge in [-0.2, -0.15) is 5.10 Å². The number of rotatable bonds is 4. The van der Waals surface area contributed by atoms with Crippen molar-refractivity contribution in [2.45, 2.75) is 18.9 Å². The molecule has 7 heteroatoms. The van der Waals surface area contributed by atoms with Crippen molar-refractivity contribution in [1.82, 2.24) is 14.7 Å². The summed E-state index contributed by atoms with van der Waals surface area (Å²) in [5.41, 5.74) is 2.81. The Morgan fingerprint density at radius 2 is 2.07 bits per heavy atom. The highest BCUT2D eigenvalue weighted by molar-refractivity contribution is 6.01. The monoisotopic (exact) mass is 378 g/mol. The van der Waals surface area contributed by atoms with Crippen LogP contribution in [0.15, 0.2) is 60.9 Å². The third kappa shape index (κ3) is 3.51. The zero-order valence-electron chi connectivity index (χ0n) is 15.3. The molecule has 0 aliphatic carbocycles. The Labute approximate surface area is 161 Å². The van der Waals surface area contributed by atoms with E-state index in [1.807, 2.05) is 36.5 Å². The molecule has 4 rings (SSSR count). The van der Waals surface area contributed by atoms with Gasteiger partial charge in [0, 0.05) is 37.5 Å². The number of para-hydroxylation sites is 1. The molecule has 0 fully saturated rings. The number of aromatic nitrogens is 2. The fourth-order valence-electron chi connectivity index (χ4n) is 3.44. The molecule has 3 aromatic rings. The van der Waals surface area contributed by atoms with E-state index in [0.717, 1.165) is 11.3 Å². The SMILES string of the molecule is CN(Cc1cnn(-c2ccccc2)c1)C(=O)[C@@H]1CC(=O)Nc2cc(F)ccc21. The van der Waals surface area contributed by atoms with Crippen LogP contribution in [0.3, 0.4) is 0 Å². The first-order chi connectivity index (χ1) is 13.5. The van der Waals surface area contributed by atoms with E-state index in [-0.39, 0.29) is 18.2 Å². The maximum atomic E-state index is 13.5. The maximum absolute atomic E-state index is 13.5. The number of nitrogens with one attached hydrogen (secondary N) is 1. The molecule has 1 aliphatic rings. The maximum Gasteiger partial charge on any atom is 0.230 e. The molecule has 6 nitrogen and oxygen atoms in total. The van der Waals surface area contributed by atoms with E-state index >= 15 is 0 Å². The summed E-state index contributed by atoms with van der Waals surface area (Å²) < 4.78 is 15.2. The van der Waals surface area contributed by atoms with Crippen molar-refractivity contribution in [2.24, 2.45) is 0 Å². The third-order valence-corrected chi connectivity index (χ3v) is 4.81. The molecule has 2 amide bonds. The van der Waals surface area contributed by atoms with Crippen LogP contribution < -0.4 is 5.32 Å². The Morgan fingerprint density at radius 3 is 2.86 bits per heavy atom. The van der Waals surface area contributed by atoms with E-state index in [0.29, 0.717) is 17.8 Å². The lowest BCUT2D eigenvalue weighted by Gasteiger charge is -2.28. The van der Waals surface area contributed by atoms with Crippen LogP contribution in [0, 0.1) is 5.82 Å². The molecule has 0 spiro atoms. The molecule has 1 atom stereocenters. The van der Waals surface area contributed by atoms with Crippen LogP contribution in [0.4, 0.5) is 10.1 Å². The summed E-state index contributed by atoms with van der Waals surface area (Å²) in [6, 6.07) is 13.8. The van der Waals surface area contributed by atoms with Crippen molar-refractivity contribution >= 4 is 17.5 Å². The summed E-state index contributed by atoms with van der Waals surface area (Å²) >= 11 is 0. The van der Waals surface area contributed by atoms with Gasteiger partial charge >= 0.3 is 0 Å². The van der Waals surface area contributed by atoms with Gasteiger partial charge in [-0.25, -0.2) is 9.07 Å². The molecule has 1 aliphatic heterocycles. The van der Waals surface area contributed by atoms with Crippen LogP contribution in [0.1, 0.15) is 23.5 Å². The molecule has 1 aromatic heterocycles. The minimum atomic E-state index is -0.626. The molecular weight excluding hydrogens is 359 g/mol. The molecule has 2 aromatic carbocycles. The summed E-state index contributed by atoms with van der Waals surface area (Å²) in [6.45, 7) is 0.361. The van der Waals surface area contributed by atoms with Crippen LogP contribution in [0.5, 0.6) is 0 Å². The Balaban J connectivity index is 1.52. The lowest BCUT2D eigenvalue weighted by atomic mass is 9.89. The molecule has 1 N–H and O–H groups in total. The van der Waals surface area contributed by atoms with Crippen molar-refractivity contribution in [1.29, 1.82) is 0 Å². The largest absolute Gasteiger partial charge is 0.341 e. The molecule has 142 valence electrons. The van der Waals surface area contributed by atoms with Crippen molar-refractivity contribution in [3.8, 4) is 5.69 Å². The van der Waals surface area contributed by atoms with Crippen molar-refractivity contribution in [3.05, 3.63) is 77.9 Å². The van der Waals surface area contributed by atoms with E-state index in [9.17, 15) is 14.0 Å². The number of hydrogen-bond acceptors (Lipinski definition) is 3. The lowest BCUT2D eigenvalue weighted by Crippen LogP contribution is -2.36. The minimum absolute atomic E-state index is 0.0467.